The highest BCUT2D eigenvalue weighted by Crippen LogP contribution is 2.21. The van der Waals surface area contributed by atoms with E-state index in [4.69, 9.17) is 5.11 Å². The molecule has 3 heteroatoms. The normalized spacial score (nSPS) is 33.6. The number of nitrogens with zero attached hydrogens (tertiary/aromatic N) is 1. The highest BCUT2D eigenvalue weighted by molar-refractivity contribution is 5.70. The third-order valence-corrected chi connectivity index (χ3v) is 2.43. The molecule has 1 N–H and O–H groups in total. The van der Waals surface area contributed by atoms with Gasteiger partial charge in [0.2, 0.25) is 0 Å². The number of carboxylic acids is 1. The Morgan fingerprint density at radius 2 is 2.27 bits per heavy atom. The second-order valence-electron chi connectivity index (χ2n) is 3.47. The zero-order valence-electron chi connectivity index (χ0n) is 7.08. The number of hydrogen-bond acceptors (Lipinski definition) is 2. The van der Waals surface area contributed by atoms with Crippen LogP contribution < -0.4 is 0 Å². The summed E-state index contributed by atoms with van der Waals surface area (Å²) in [6.07, 6.45) is 0.799. The molecule has 0 radical (unpaired) electrons. The Balaban J connectivity index is 2.50. The highest BCUT2D eigenvalue weighted by atomic mass is 16.4. The van der Waals surface area contributed by atoms with E-state index < -0.39 is 5.97 Å². The van der Waals surface area contributed by atoms with Crippen molar-refractivity contribution in [3.8, 4) is 0 Å². The summed E-state index contributed by atoms with van der Waals surface area (Å²) in [4.78, 5) is 12.8. The van der Waals surface area contributed by atoms with Crippen LogP contribution in [0, 0.1) is 11.8 Å². The van der Waals surface area contributed by atoms with Gasteiger partial charge >= 0.3 is 5.97 Å². The summed E-state index contributed by atoms with van der Waals surface area (Å²) in [5.41, 5.74) is 0. The standard InChI is InChI=1S/C8H15NO2/c1-6-5-9(2)4-3-7(6)8(10)11/h6-7H,3-5H2,1-2H3,(H,10,11)/t6-,7-/m0/s1. The van der Waals surface area contributed by atoms with Crippen LogP contribution in [0.15, 0.2) is 0 Å². The molecule has 64 valence electrons. The summed E-state index contributed by atoms with van der Waals surface area (Å²) in [5, 5.41) is 8.78. The van der Waals surface area contributed by atoms with E-state index in [1.165, 1.54) is 0 Å². The minimum atomic E-state index is -0.634. The topological polar surface area (TPSA) is 40.5 Å². The summed E-state index contributed by atoms with van der Waals surface area (Å²) >= 11 is 0. The fraction of sp³-hybridized carbons (Fsp3) is 0.875. The molecule has 0 aromatic rings. The Hall–Kier alpha value is -0.570. The van der Waals surface area contributed by atoms with Crippen LogP contribution in [0.3, 0.4) is 0 Å². The van der Waals surface area contributed by atoms with E-state index >= 15 is 0 Å². The highest BCUT2D eigenvalue weighted by Gasteiger charge is 2.29. The second-order valence-corrected chi connectivity index (χ2v) is 3.47. The summed E-state index contributed by atoms with van der Waals surface area (Å²) in [5.74, 6) is -0.456. The Kier molecular flexibility index (Phi) is 2.49. The SMILES string of the molecule is C[C@H]1CN(C)CC[C@@H]1C(=O)O. The summed E-state index contributed by atoms with van der Waals surface area (Å²) in [6.45, 7) is 3.84. The van der Waals surface area contributed by atoms with E-state index in [0.717, 1.165) is 19.5 Å². The van der Waals surface area contributed by atoms with Crippen molar-refractivity contribution >= 4 is 5.97 Å². The minimum absolute atomic E-state index is 0.119. The van der Waals surface area contributed by atoms with E-state index in [-0.39, 0.29) is 5.92 Å². The van der Waals surface area contributed by atoms with Crippen LogP contribution >= 0.6 is 0 Å². The fourth-order valence-electron chi connectivity index (χ4n) is 1.72. The average Bonchev–Trinajstić information content (AvgIpc) is 1.85. The average molecular weight is 157 g/mol. The zero-order valence-corrected chi connectivity index (χ0v) is 7.08. The van der Waals surface area contributed by atoms with E-state index in [0.29, 0.717) is 5.92 Å². The van der Waals surface area contributed by atoms with Crippen molar-refractivity contribution in [3.63, 3.8) is 0 Å². The number of likely N-dealkylation sites (tertiary alicyclic amines) is 1. The van der Waals surface area contributed by atoms with Crippen molar-refractivity contribution in [1.29, 1.82) is 0 Å². The number of hydrogen-bond donors (Lipinski definition) is 1. The molecule has 1 saturated heterocycles. The largest absolute Gasteiger partial charge is 0.481 e. The lowest BCUT2D eigenvalue weighted by Gasteiger charge is -2.32. The second kappa shape index (κ2) is 3.22. The van der Waals surface area contributed by atoms with Crippen molar-refractivity contribution in [2.75, 3.05) is 20.1 Å². The van der Waals surface area contributed by atoms with Gasteiger partial charge in [0, 0.05) is 6.54 Å². The van der Waals surface area contributed by atoms with Gasteiger partial charge in [-0.3, -0.25) is 4.79 Å². The molecule has 0 bridgehead atoms. The van der Waals surface area contributed by atoms with Crippen molar-refractivity contribution in [3.05, 3.63) is 0 Å². The maximum absolute atomic E-state index is 10.7. The van der Waals surface area contributed by atoms with Crippen LogP contribution in [0.5, 0.6) is 0 Å². The molecular weight excluding hydrogens is 142 g/mol. The van der Waals surface area contributed by atoms with Crippen molar-refractivity contribution in [1.82, 2.24) is 4.90 Å². The van der Waals surface area contributed by atoms with Gasteiger partial charge in [0.15, 0.2) is 0 Å². The molecule has 2 atom stereocenters. The molecule has 0 aliphatic carbocycles. The Bertz CT molecular complexity index is 158. The lowest BCUT2D eigenvalue weighted by molar-refractivity contribution is -0.145. The van der Waals surface area contributed by atoms with Gasteiger partial charge in [0.05, 0.1) is 5.92 Å². The molecule has 1 aliphatic rings. The lowest BCUT2D eigenvalue weighted by Crippen LogP contribution is -2.39. The van der Waals surface area contributed by atoms with Crippen molar-refractivity contribution in [2.45, 2.75) is 13.3 Å². The smallest absolute Gasteiger partial charge is 0.306 e. The minimum Gasteiger partial charge on any atom is -0.481 e. The molecule has 11 heavy (non-hydrogen) atoms. The Morgan fingerprint density at radius 1 is 1.64 bits per heavy atom. The van der Waals surface area contributed by atoms with Crippen LogP contribution in [-0.4, -0.2) is 36.1 Å². The van der Waals surface area contributed by atoms with E-state index in [9.17, 15) is 4.79 Å². The monoisotopic (exact) mass is 157 g/mol. The van der Waals surface area contributed by atoms with Gasteiger partial charge in [-0.15, -0.1) is 0 Å². The zero-order chi connectivity index (χ0) is 8.43. The van der Waals surface area contributed by atoms with Crippen molar-refractivity contribution < 1.29 is 9.90 Å². The molecule has 0 saturated carbocycles. The molecule has 0 unspecified atom stereocenters. The van der Waals surface area contributed by atoms with E-state index in [1.54, 1.807) is 0 Å². The number of carboxylic acid groups (broad SMARTS) is 1. The van der Waals surface area contributed by atoms with Crippen molar-refractivity contribution in [2.24, 2.45) is 11.8 Å². The molecule has 1 fully saturated rings. The summed E-state index contributed by atoms with van der Waals surface area (Å²) in [6, 6.07) is 0. The van der Waals surface area contributed by atoms with Gasteiger partial charge in [0.25, 0.3) is 0 Å². The van der Waals surface area contributed by atoms with E-state index in [2.05, 4.69) is 4.90 Å². The predicted octanol–water partition coefficient (Wildman–Crippen LogP) is 0.659. The first-order chi connectivity index (χ1) is 5.11. The van der Waals surface area contributed by atoms with Gasteiger partial charge in [-0.25, -0.2) is 0 Å². The number of carbonyl (C=O) groups is 1. The molecule has 0 aromatic carbocycles. The first kappa shape index (κ1) is 8.53. The Morgan fingerprint density at radius 3 is 2.73 bits per heavy atom. The third kappa shape index (κ3) is 1.93. The number of piperidine rings is 1. The molecule has 0 aromatic heterocycles. The lowest BCUT2D eigenvalue weighted by atomic mass is 9.87. The molecule has 1 rings (SSSR count). The van der Waals surface area contributed by atoms with Gasteiger partial charge in [-0.1, -0.05) is 6.92 Å². The van der Waals surface area contributed by atoms with Gasteiger partial charge < -0.3 is 10.0 Å². The van der Waals surface area contributed by atoms with Gasteiger partial charge in [-0.05, 0) is 25.9 Å². The van der Waals surface area contributed by atoms with Gasteiger partial charge in [0.1, 0.15) is 0 Å². The van der Waals surface area contributed by atoms with Gasteiger partial charge in [-0.2, -0.15) is 0 Å². The van der Waals surface area contributed by atoms with E-state index in [1.807, 2.05) is 14.0 Å². The molecule has 3 nitrogen and oxygen atoms in total. The third-order valence-electron chi connectivity index (χ3n) is 2.43. The predicted molar refractivity (Wildman–Crippen MR) is 42.4 cm³/mol. The first-order valence-electron chi connectivity index (χ1n) is 4.02. The number of aliphatic carboxylic acids is 1. The number of rotatable bonds is 1. The van der Waals surface area contributed by atoms with Crippen LogP contribution in [0.1, 0.15) is 13.3 Å². The first-order valence-corrected chi connectivity index (χ1v) is 4.02. The molecule has 0 spiro atoms. The quantitative estimate of drug-likeness (QED) is 0.608. The van der Waals surface area contributed by atoms with Crippen LogP contribution in [0.4, 0.5) is 0 Å². The maximum Gasteiger partial charge on any atom is 0.306 e. The maximum atomic E-state index is 10.7. The molecular formula is C8H15NO2. The van der Waals surface area contributed by atoms with Crippen LogP contribution in [0.2, 0.25) is 0 Å². The fourth-order valence-corrected chi connectivity index (χ4v) is 1.72. The van der Waals surface area contributed by atoms with Crippen LogP contribution in [0.25, 0.3) is 0 Å². The summed E-state index contributed by atoms with van der Waals surface area (Å²) in [7, 11) is 2.04. The molecule has 1 heterocycles. The molecule has 1 aliphatic heterocycles. The van der Waals surface area contributed by atoms with Crippen LogP contribution in [-0.2, 0) is 4.79 Å². The summed E-state index contributed by atoms with van der Waals surface area (Å²) < 4.78 is 0. The molecule has 0 amide bonds. The Labute approximate surface area is 67.0 Å².